The number of nitrogens with one attached hydrogen (secondary N) is 1. The van der Waals surface area contributed by atoms with Crippen molar-refractivity contribution in [2.24, 2.45) is 0 Å². The molecule has 0 atom stereocenters. The maximum absolute atomic E-state index is 12.8. The number of hydrogen-bond acceptors (Lipinski definition) is 5. The molecule has 1 aliphatic rings. The number of benzene rings is 2. The van der Waals surface area contributed by atoms with E-state index in [4.69, 9.17) is 4.74 Å². The van der Waals surface area contributed by atoms with Crippen molar-refractivity contribution < 1.29 is 27.6 Å². The summed E-state index contributed by atoms with van der Waals surface area (Å²) in [5, 5.41) is 13.9. The molecule has 148 valence electrons. The summed E-state index contributed by atoms with van der Waals surface area (Å²) in [6.07, 6.45) is -4.68. The Bertz CT molecular complexity index is 879. The molecule has 0 spiro atoms. The molecule has 2 aromatic carbocycles. The van der Waals surface area contributed by atoms with Gasteiger partial charge in [0.15, 0.2) is 0 Å². The number of amides is 1. The first-order valence-corrected chi connectivity index (χ1v) is 8.35. The third-order valence-electron chi connectivity index (χ3n) is 4.23. The number of alkyl halides is 3. The number of carbonyl (C=O) groups excluding carboxylic acids is 1. The van der Waals surface area contributed by atoms with E-state index >= 15 is 0 Å². The molecule has 0 aliphatic carbocycles. The largest absolute Gasteiger partial charge is 0.416 e. The molecular weight excluding hydrogens is 379 g/mol. The number of anilines is 2. The van der Waals surface area contributed by atoms with E-state index in [0.29, 0.717) is 43.6 Å². The highest BCUT2D eigenvalue weighted by atomic mass is 19.4. The van der Waals surface area contributed by atoms with Crippen LogP contribution < -0.4 is 5.32 Å². The quantitative estimate of drug-likeness (QED) is 0.628. The van der Waals surface area contributed by atoms with Crippen LogP contribution in [-0.2, 0) is 10.9 Å². The van der Waals surface area contributed by atoms with Crippen LogP contribution in [0.4, 0.5) is 30.2 Å². The Kier molecular flexibility index (Phi) is 5.50. The Balaban J connectivity index is 1.78. The molecule has 0 unspecified atom stereocenters. The molecule has 28 heavy (non-hydrogen) atoms. The molecule has 10 heteroatoms. The number of nitro groups is 1. The summed E-state index contributed by atoms with van der Waals surface area (Å²) in [5.74, 6) is -0.157. The minimum Gasteiger partial charge on any atom is -0.378 e. The van der Waals surface area contributed by atoms with Crippen LogP contribution in [0.1, 0.15) is 15.9 Å². The second kappa shape index (κ2) is 7.85. The number of carbonyl (C=O) groups is 1. The second-order valence-corrected chi connectivity index (χ2v) is 6.09. The number of rotatable bonds is 4. The fourth-order valence-corrected chi connectivity index (χ4v) is 2.77. The third-order valence-corrected chi connectivity index (χ3v) is 4.23. The topological polar surface area (TPSA) is 84.7 Å². The van der Waals surface area contributed by atoms with E-state index in [1.807, 2.05) is 0 Å². The molecule has 1 saturated heterocycles. The van der Waals surface area contributed by atoms with Crippen LogP contribution in [0.5, 0.6) is 0 Å². The predicted octanol–water partition coefficient (Wildman–Crippen LogP) is 3.83. The molecule has 7 nitrogen and oxygen atoms in total. The van der Waals surface area contributed by atoms with E-state index in [1.165, 1.54) is 12.1 Å². The van der Waals surface area contributed by atoms with E-state index in [1.54, 1.807) is 17.0 Å². The van der Waals surface area contributed by atoms with Gasteiger partial charge in [-0.3, -0.25) is 14.9 Å². The monoisotopic (exact) mass is 395 g/mol. The molecule has 1 N–H and O–H groups in total. The number of nitrogens with zero attached hydrogens (tertiary/aromatic N) is 2. The summed E-state index contributed by atoms with van der Waals surface area (Å²) in [6, 6.07) is 8.44. The fraction of sp³-hybridized carbons (Fsp3) is 0.278. The number of morpholine rings is 1. The van der Waals surface area contributed by atoms with Crippen LogP contribution in [0.2, 0.25) is 0 Å². The Labute approximate surface area is 157 Å². The van der Waals surface area contributed by atoms with Crippen LogP contribution >= 0.6 is 0 Å². The minimum atomic E-state index is -4.68. The van der Waals surface area contributed by atoms with Gasteiger partial charge in [0.2, 0.25) is 0 Å². The number of hydrogen-bond donors (Lipinski definition) is 1. The lowest BCUT2D eigenvalue weighted by molar-refractivity contribution is -0.384. The highest BCUT2D eigenvalue weighted by Crippen LogP contribution is 2.36. The van der Waals surface area contributed by atoms with Gasteiger partial charge in [-0.15, -0.1) is 0 Å². The SMILES string of the molecule is O=C(c1ccc(Nc2ccc(C(F)(F)F)cc2[N+](=O)[O-])cc1)N1CCOCC1. The zero-order valence-electron chi connectivity index (χ0n) is 14.5. The van der Waals surface area contributed by atoms with Gasteiger partial charge in [0.05, 0.1) is 23.7 Å². The second-order valence-electron chi connectivity index (χ2n) is 6.09. The average molecular weight is 395 g/mol. The first kappa shape index (κ1) is 19.6. The van der Waals surface area contributed by atoms with Crippen LogP contribution in [-0.4, -0.2) is 42.0 Å². The number of ether oxygens (including phenoxy) is 1. The first-order valence-electron chi connectivity index (χ1n) is 8.35. The molecule has 0 bridgehead atoms. The summed E-state index contributed by atoms with van der Waals surface area (Å²) in [5.41, 5.74) is -1.03. The van der Waals surface area contributed by atoms with Crippen LogP contribution in [0.15, 0.2) is 42.5 Å². The lowest BCUT2D eigenvalue weighted by atomic mass is 10.1. The summed E-state index contributed by atoms with van der Waals surface area (Å²) in [4.78, 5) is 24.3. The highest BCUT2D eigenvalue weighted by molar-refractivity contribution is 5.94. The van der Waals surface area contributed by atoms with E-state index in [-0.39, 0.29) is 11.6 Å². The van der Waals surface area contributed by atoms with Gasteiger partial charge < -0.3 is 15.0 Å². The van der Waals surface area contributed by atoms with Crippen molar-refractivity contribution in [3.8, 4) is 0 Å². The van der Waals surface area contributed by atoms with Gasteiger partial charge in [-0.05, 0) is 36.4 Å². The predicted molar refractivity (Wildman–Crippen MR) is 94.5 cm³/mol. The van der Waals surface area contributed by atoms with Gasteiger partial charge in [-0.25, -0.2) is 0 Å². The lowest BCUT2D eigenvalue weighted by Gasteiger charge is -2.26. The van der Waals surface area contributed by atoms with Gasteiger partial charge in [0.1, 0.15) is 5.69 Å². The van der Waals surface area contributed by atoms with Crippen molar-refractivity contribution in [3.05, 3.63) is 63.7 Å². The standard InChI is InChI=1S/C18H16F3N3O4/c19-18(20,21)13-3-6-15(16(11-13)24(26)27)22-14-4-1-12(2-5-14)17(25)23-7-9-28-10-8-23/h1-6,11,22H,7-10H2. The van der Waals surface area contributed by atoms with Crippen LogP contribution in [0.3, 0.4) is 0 Å². The molecule has 1 heterocycles. The molecule has 1 amide bonds. The molecule has 0 radical (unpaired) electrons. The van der Waals surface area contributed by atoms with Crippen molar-refractivity contribution in [1.82, 2.24) is 4.90 Å². The van der Waals surface area contributed by atoms with Gasteiger partial charge in [0.25, 0.3) is 11.6 Å². The van der Waals surface area contributed by atoms with Crippen molar-refractivity contribution >= 4 is 23.0 Å². The Morgan fingerprint density at radius 1 is 1.11 bits per heavy atom. The number of nitro benzene ring substituents is 1. The zero-order valence-corrected chi connectivity index (χ0v) is 14.5. The summed E-state index contributed by atoms with van der Waals surface area (Å²) < 4.78 is 43.5. The maximum Gasteiger partial charge on any atom is 0.416 e. The van der Waals surface area contributed by atoms with E-state index in [2.05, 4.69) is 5.32 Å². The van der Waals surface area contributed by atoms with E-state index < -0.39 is 22.4 Å². The van der Waals surface area contributed by atoms with E-state index in [0.717, 1.165) is 12.1 Å². The van der Waals surface area contributed by atoms with Crippen LogP contribution in [0, 0.1) is 10.1 Å². The molecular formula is C18H16F3N3O4. The van der Waals surface area contributed by atoms with Gasteiger partial charge in [-0.1, -0.05) is 0 Å². The lowest BCUT2D eigenvalue weighted by Crippen LogP contribution is -2.40. The average Bonchev–Trinajstić information content (AvgIpc) is 2.68. The fourth-order valence-electron chi connectivity index (χ4n) is 2.77. The summed E-state index contributed by atoms with van der Waals surface area (Å²) in [7, 11) is 0. The Morgan fingerprint density at radius 3 is 2.32 bits per heavy atom. The van der Waals surface area contributed by atoms with Gasteiger partial charge >= 0.3 is 6.18 Å². The van der Waals surface area contributed by atoms with E-state index in [9.17, 15) is 28.1 Å². The van der Waals surface area contributed by atoms with Gasteiger partial charge in [0, 0.05) is 30.4 Å². The summed E-state index contributed by atoms with van der Waals surface area (Å²) in [6.45, 7) is 1.94. The maximum atomic E-state index is 12.8. The third kappa shape index (κ3) is 4.39. The number of halogens is 3. The molecule has 1 fully saturated rings. The molecule has 2 aromatic rings. The Morgan fingerprint density at radius 2 is 1.75 bits per heavy atom. The van der Waals surface area contributed by atoms with Crippen molar-refractivity contribution in [3.63, 3.8) is 0 Å². The van der Waals surface area contributed by atoms with Crippen LogP contribution in [0.25, 0.3) is 0 Å². The molecule has 3 rings (SSSR count). The first-order chi connectivity index (χ1) is 13.3. The minimum absolute atomic E-state index is 0.0785. The van der Waals surface area contributed by atoms with Crippen molar-refractivity contribution in [2.45, 2.75) is 6.18 Å². The molecule has 1 aliphatic heterocycles. The zero-order chi connectivity index (χ0) is 20.3. The molecule has 0 saturated carbocycles. The molecule has 0 aromatic heterocycles. The Hall–Kier alpha value is -3.14. The van der Waals surface area contributed by atoms with Gasteiger partial charge in [-0.2, -0.15) is 13.2 Å². The van der Waals surface area contributed by atoms with Crippen molar-refractivity contribution in [1.29, 1.82) is 0 Å². The highest BCUT2D eigenvalue weighted by Gasteiger charge is 2.33. The summed E-state index contributed by atoms with van der Waals surface area (Å²) >= 11 is 0. The normalized spacial score (nSPS) is 14.6. The smallest absolute Gasteiger partial charge is 0.378 e. The van der Waals surface area contributed by atoms with Crippen molar-refractivity contribution in [2.75, 3.05) is 31.6 Å².